The molecule has 52 valence electrons. The molecular formula is C8H16Si. The summed E-state index contributed by atoms with van der Waals surface area (Å²) in [6.07, 6.45) is 0. The van der Waals surface area contributed by atoms with E-state index < -0.39 is 0 Å². The lowest BCUT2D eigenvalue weighted by molar-refractivity contribution is 0.571. The molecule has 0 radical (unpaired) electrons. The summed E-state index contributed by atoms with van der Waals surface area (Å²) in [5.41, 5.74) is 3.49. The number of hydrogen-bond acceptors (Lipinski definition) is 0. The van der Waals surface area contributed by atoms with Crippen molar-refractivity contribution in [1.29, 1.82) is 0 Å². The van der Waals surface area contributed by atoms with Crippen molar-refractivity contribution in [1.82, 2.24) is 0 Å². The first-order valence-corrected chi connectivity index (χ1v) is 5.27. The predicted molar refractivity (Wildman–Crippen MR) is 46.3 cm³/mol. The van der Waals surface area contributed by atoms with Crippen LogP contribution < -0.4 is 0 Å². The minimum absolute atomic E-state index is 0.0192. The van der Waals surface area contributed by atoms with E-state index >= 15 is 0 Å². The Labute approximate surface area is 60.9 Å². The lowest BCUT2D eigenvalue weighted by Crippen LogP contribution is -2.00. The molecule has 0 aromatic heterocycles. The Hall–Kier alpha value is -0.223. The van der Waals surface area contributed by atoms with E-state index in [1.165, 1.54) is 6.04 Å². The molecule has 0 aliphatic rings. The van der Waals surface area contributed by atoms with Crippen molar-refractivity contribution in [2.75, 3.05) is 0 Å². The number of rotatable bonds is 1. The quantitative estimate of drug-likeness (QED) is 0.383. The zero-order valence-electron chi connectivity index (χ0n) is 6.91. The van der Waals surface area contributed by atoms with Crippen LogP contribution in [0.3, 0.4) is 0 Å². The maximum atomic E-state index is 3.26. The molecule has 0 aromatic rings. The maximum Gasteiger partial charge on any atom is 0.106 e. The van der Waals surface area contributed by atoms with E-state index in [0.717, 1.165) is 0 Å². The second-order valence-electron chi connectivity index (χ2n) is 3.30. The first-order chi connectivity index (χ1) is 4.06. The Morgan fingerprint density at radius 3 is 2.22 bits per heavy atom. The van der Waals surface area contributed by atoms with E-state index in [1.807, 2.05) is 0 Å². The molecule has 0 saturated heterocycles. The molecular weight excluding hydrogens is 124 g/mol. The molecule has 0 bridgehead atoms. The first-order valence-electron chi connectivity index (χ1n) is 3.56. The SMILES string of the molecule is CC[SiH2]C#CC(C)(C)C. The minimum atomic E-state index is -0.0192. The molecule has 0 fully saturated rings. The summed E-state index contributed by atoms with van der Waals surface area (Å²) in [5.74, 6) is 3.23. The highest BCUT2D eigenvalue weighted by Gasteiger charge is 2.01. The van der Waals surface area contributed by atoms with Crippen LogP contribution in [0.25, 0.3) is 0 Å². The molecule has 0 spiro atoms. The third-order valence-corrected chi connectivity index (χ3v) is 1.77. The average molecular weight is 140 g/mol. The van der Waals surface area contributed by atoms with Gasteiger partial charge in [-0.25, -0.2) is 0 Å². The normalized spacial score (nSPS) is 11.6. The van der Waals surface area contributed by atoms with E-state index in [-0.39, 0.29) is 14.9 Å². The van der Waals surface area contributed by atoms with E-state index in [9.17, 15) is 0 Å². The Morgan fingerprint density at radius 2 is 1.89 bits per heavy atom. The molecule has 0 aromatic carbocycles. The third-order valence-electron chi connectivity index (χ3n) is 0.838. The minimum Gasteiger partial charge on any atom is -0.139 e. The highest BCUT2D eigenvalue weighted by molar-refractivity contribution is 6.45. The van der Waals surface area contributed by atoms with Crippen LogP contribution in [-0.2, 0) is 0 Å². The van der Waals surface area contributed by atoms with Gasteiger partial charge in [-0.15, -0.1) is 11.5 Å². The van der Waals surface area contributed by atoms with Gasteiger partial charge in [0.05, 0.1) is 0 Å². The first kappa shape index (κ1) is 8.78. The van der Waals surface area contributed by atoms with Crippen molar-refractivity contribution in [2.24, 2.45) is 5.41 Å². The van der Waals surface area contributed by atoms with Crippen molar-refractivity contribution in [3.05, 3.63) is 0 Å². The maximum absolute atomic E-state index is 3.26. The van der Waals surface area contributed by atoms with Crippen LogP contribution in [0.1, 0.15) is 27.7 Å². The van der Waals surface area contributed by atoms with E-state index in [4.69, 9.17) is 0 Å². The lowest BCUT2D eigenvalue weighted by atomic mass is 9.99. The molecule has 0 aliphatic carbocycles. The molecule has 0 saturated carbocycles. The van der Waals surface area contributed by atoms with Crippen LogP contribution in [0.5, 0.6) is 0 Å². The highest BCUT2D eigenvalue weighted by Crippen LogP contribution is 2.09. The number of hydrogen-bond donors (Lipinski definition) is 0. The Balaban J connectivity index is 3.59. The summed E-state index contributed by atoms with van der Waals surface area (Å²) in [6, 6.07) is 1.31. The second kappa shape index (κ2) is 3.74. The molecule has 1 heteroatoms. The summed E-state index contributed by atoms with van der Waals surface area (Å²) in [4.78, 5) is 0. The van der Waals surface area contributed by atoms with Gasteiger partial charge in [-0.1, -0.05) is 13.0 Å². The Morgan fingerprint density at radius 1 is 1.33 bits per heavy atom. The van der Waals surface area contributed by atoms with Gasteiger partial charge in [0.1, 0.15) is 9.52 Å². The highest BCUT2D eigenvalue weighted by atomic mass is 28.2. The topological polar surface area (TPSA) is 0 Å². The zero-order chi connectivity index (χ0) is 7.33. The molecule has 0 N–H and O–H groups in total. The standard InChI is InChI=1S/C8H16Si/c1-5-9-7-6-8(2,3)4/h5,9H2,1-4H3. The molecule has 0 rings (SSSR count). The van der Waals surface area contributed by atoms with Crippen molar-refractivity contribution in [3.8, 4) is 11.5 Å². The van der Waals surface area contributed by atoms with Crippen molar-refractivity contribution in [3.63, 3.8) is 0 Å². The summed E-state index contributed by atoms with van der Waals surface area (Å²) in [7, 11) is -0.0192. The van der Waals surface area contributed by atoms with Crippen LogP contribution in [0.2, 0.25) is 6.04 Å². The van der Waals surface area contributed by atoms with E-state index in [0.29, 0.717) is 0 Å². The fraction of sp³-hybridized carbons (Fsp3) is 0.750. The smallest absolute Gasteiger partial charge is 0.106 e. The zero-order valence-corrected chi connectivity index (χ0v) is 8.33. The van der Waals surface area contributed by atoms with Gasteiger partial charge < -0.3 is 0 Å². The van der Waals surface area contributed by atoms with Gasteiger partial charge in [-0.3, -0.25) is 0 Å². The van der Waals surface area contributed by atoms with Crippen molar-refractivity contribution < 1.29 is 0 Å². The molecule has 0 amide bonds. The van der Waals surface area contributed by atoms with Crippen LogP contribution in [0, 0.1) is 16.9 Å². The summed E-state index contributed by atoms with van der Waals surface area (Å²) >= 11 is 0. The van der Waals surface area contributed by atoms with Gasteiger partial charge in [0.25, 0.3) is 0 Å². The summed E-state index contributed by atoms with van der Waals surface area (Å²) in [6.45, 7) is 8.68. The molecule has 0 nitrogen and oxygen atoms in total. The van der Waals surface area contributed by atoms with Crippen molar-refractivity contribution in [2.45, 2.75) is 33.7 Å². The lowest BCUT2D eigenvalue weighted by Gasteiger charge is -2.06. The fourth-order valence-electron chi connectivity index (χ4n) is 0.453. The van der Waals surface area contributed by atoms with Gasteiger partial charge >= 0.3 is 0 Å². The van der Waals surface area contributed by atoms with E-state index in [2.05, 4.69) is 39.2 Å². The molecule has 0 aliphatic heterocycles. The van der Waals surface area contributed by atoms with Crippen LogP contribution in [0.4, 0.5) is 0 Å². The monoisotopic (exact) mass is 140 g/mol. The molecule has 9 heavy (non-hydrogen) atoms. The summed E-state index contributed by atoms with van der Waals surface area (Å²) in [5, 5.41) is 0. The molecule has 0 heterocycles. The van der Waals surface area contributed by atoms with Gasteiger partial charge in [0.15, 0.2) is 0 Å². The third kappa shape index (κ3) is 7.78. The Bertz CT molecular complexity index is 120. The van der Waals surface area contributed by atoms with E-state index in [1.54, 1.807) is 0 Å². The Kier molecular flexibility index (Phi) is 3.64. The van der Waals surface area contributed by atoms with Gasteiger partial charge in [-0.2, -0.15) is 0 Å². The summed E-state index contributed by atoms with van der Waals surface area (Å²) < 4.78 is 0. The van der Waals surface area contributed by atoms with Crippen molar-refractivity contribution >= 4 is 9.52 Å². The van der Waals surface area contributed by atoms with Crippen LogP contribution in [0.15, 0.2) is 0 Å². The van der Waals surface area contributed by atoms with Gasteiger partial charge in [-0.05, 0) is 20.8 Å². The molecule has 0 unspecified atom stereocenters. The molecule has 0 atom stereocenters. The van der Waals surface area contributed by atoms with Crippen LogP contribution in [-0.4, -0.2) is 9.52 Å². The van der Waals surface area contributed by atoms with Gasteiger partial charge in [0, 0.05) is 5.41 Å². The largest absolute Gasteiger partial charge is 0.139 e. The predicted octanol–water partition coefficient (Wildman–Crippen LogP) is 1.60. The second-order valence-corrected chi connectivity index (χ2v) is 5.16. The van der Waals surface area contributed by atoms with Gasteiger partial charge in [0.2, 0.25) is 0 Å². The average Bonchev–Trinajstić information content (AvgIpc) is 1.63. The van der Waals surface area contributed by atoms with Crippen LogP contribution >= 0.6 is 0 Å². The fourth-order valence-corrected chi connectivity index (χ4v) is 1.36.